The minimum Gasteiger partial charge on any atom is -0.396 e. The van der Waals surface area contributed by atoms with Crippen LogP contribution in [0.3, 0.4) is 0 Å². The molecular weight excluding hydrogens is 172 g/mol. The van der Waals surface area contributed by atoms with Crippen molar-refractivity contribution in [2.45, 2.75) is 66.2 Å². The molecule has 14 heavy (non-hydrogen) atoms. The highest BCUT2D eigenvalue weighted by Gasteiger charge is 2.24. The van der Waals surface area contributed by atoms with Gasteiger partial charge in [0.15, 0.2) is 0 Å². The number of unbranched alkanes of at least 4 members (excludes halogenated alkanes) is 2. The lowest BCUT2D eigenvalue weighted by Crippen LogP contribution is -2.21. The van der Waals surface area contributed by atoms with Gasteiger partial charge in [0.1, 0.15) is 0 Å². The Morgan fingerprint density at radius 1 is 1.14 bits per heavy atom. The first kappa shape index (κ1) is 14.0. The minimum absolute atomic E-state index is 0.347. The summed E-state index contributed by atoms with van der Waals surface area (Å²) in [6, 6.07) is 0. The van der Waals surface area contributed by atoms with E-state index in [2.05, 4.69) is 27.7 Å². The van der Waals surface area contributed by atoms with Gasteiger partial charge in [-0.15, -0.1) is 0 Å². The molecule has 0 aromatic rings. The molecule has 0 aromatic carbocycles. The Hall–Kier alpha value is -0.0400. The highest BCUT2D eigenvalue weighted by atomic mass is 16.2. The van der Waals surface area contributed by atoms with E-state index in [9.17, 15) is 0 Å². The maximum absolute atomic E-state index is 8.74. The van der Waals surface area contributed by atoms with E-state index in [0.717, 1.165) is 12.3 Å². The fourth-order valence-corrected chi connectivity index (χ4v) is 1.84. The maximum atomic E-state index is 8.74. The van der Waals surface area contributed by atoms with Crippen molar-refractivity contribution in [3.8, 4) is 0 Å². The zero-order chi connectivity index (χ0) is 11.0. The summed E-state index contributed by atoms with van der Waals surface area (Å²) >= 11 is 0. The lowest BCUT2D eigenvalue weighted by atomic mass is 9.74. The third-order valence-corrected chi connectivity index (χ3v) is 3.55. The second-order valence-electron chi connectivity index (χ2n) is 5.21. The van der Waals surface area contributed by atoms with Gasteiger partial charge in [0.05, 0.1) is 0 Å². The summed E-state index contributed by atoms with van der Waals surface area (Å²) in [7, 11) is 0. The van der Waals surface area contributed by atoms with Crippen LogP contribution in [-0.2, 0) is 0 Å². The highest BCUT2D eigenvalue weighted by molar-refractivity contribution is 4.75. The van der Waals surface area contributed by atoms with Crippen LogP contribution in [0.1, 0.15) is 66.2 Å². The van der Waals surface area contributed by atoms with Crippen molar-refractivity contribution >= 4 is 0 Å². The predicted octanol–water partition coefficient (Wildman–Crippen LogP) is 4.00. The largest absolute Gasteiger partial charge is 0.396 e. The van der Waals surface area contributed by atoms with Crippen LogP contribution in [0.15, 0.2) is 0 Å². The molecule has 0 radical (unpaired) electrons. The third-order valence-electron chi connectivity index (χ3n) is 3.55. The van der Waals surface area contributed by atoms with Crippen LogP contribution in [0.2, 0.25) is 0 Å². The van der Waals surface area contributed by atoms with E-state index in [1.165, 1.54) is 32.1 Å². The second kappa shape index (κ2) is 7.28. The molecule has 0 rings (SSSR count). The zero-order valence-corrected chi connectivity index (χ0v) is 10.5. The van der Waals surface area contributed by atoms with Gasteiger partial charge in [-0.3, -0.25) is 0 Å². The summed E-state index contributed by atoms with van der Waals surface area (Å²) in [6.07, 6.45) is 7.38. The van der Waals surface area contributed by atoms with E-state index in [4.69, 9.17) is 5.11 Å². The lowest BCUT2D eigenvalue weighted by molar-refractivity contribution is 0.183. The topological polar surface area (TPSA) is 20.2 Å². The number of hydrogen-bond donors (Lipinski definition) is 1. The van der Waals surface area contributed by atoms with E-state index in [-0.39, 0.29) is 0 Å². The van der Waals surface area contributed by atoms with Gasteiger partial charge in [-0.25, -0.2) is 0 Å². The van der Waals surface area contributed by atoms with E-state index in [1.807, 2.05) is 0 Å². The predicted molar refractivity (Wildman–Crippen MR) is 63.4 cm³/mol. The molecule has 1 heteroatoms. The molecule has 1 nitrogen and oxygen atoms in total. The molecule has 0 bridgehead atoms. The number of hydrogen-bond acceptors (Lipinski definition) is 1. The van der Waals surface area contributed by atoms with Crippen LogP contribution in [0.5, 0.6) is 0 Å². The summed E-state index contributed by atoms with van der Waals surface area (Å²) in [5, 5.41) is 8.74. The normalized spacial score (nSPS) is 14.4. The smallest absolute Gasteiger partial charge is 0.0431 e. The fraction of sp³-hybridized carbons (Fsp3) is 1.00. The summed E-state index contributed by atoms with van der Waals surface area (Å²) in [5.41, 5.74) is 0.449. The molecule has 0 aromatic heterocycles. The van der Waals surface area contributed by atoms with Crippen LogP contribution in [0, 0.1) is 11.3 Å². The molecule has 0 fully saturated rings. The van der Waals surface area contributed by atoms with Gasteiger partial charge < -0.3 is 5.11 Å². The van der Waals surface area contributed by atoms with Gasteiger partial charge in [0, 0.05) is 6.61 Å². The highest BCUT2D eigenvalue weighted by Crippen LogP contribution is 2.35. The van der Waals surface area contributed by atoms with Gasteiger partial charge in [-0.1, -0.05) is 53.4 Å². The van der Waals surface area contributed by atoms with Crippen molar-refractivity contribution in [1.82, 2.24) is 0 Å². The van der Waals surface area contributed by atoms with E-state index in [0.29, 0.717) is 12.0 Å². The van der Waals surface area contributed by atoms with Crippen molar-refractivity contribution in [2.24, 2.45) is 11.3 Å². The van der Waals surface area contributed by atoms with Crippen LogP contribution < -0.4 is 0 Å². The maximum Gasteiger partial charge on any atom is 0.0431 e. The van der Waals surface area contributed by atoms with Gasteiger partial charge in [-0.05, 0) is 24.2 Å². The second-order valence-corrected chi connectivity index (χ2v) is 5.21. The SMILES string of the molecule is CCCCC(C)C(C)(C)CCCCO. The molecule has 0 amide bonds. The van der Waals surface area contributed by atoms with Gasteiger partial charge >= 0.3 is 0 Å². The molecular formula is C13H28O. The Kier molecular flexibility index (Phi) is 7.26. The molecule has 0 aliphatic heterocycles. The van der Waals surface area contributed by atoms with Crippen molar-refractivity contribution in [3.63, 3.8) is 0 Å². The average molecular weight is 200 g/mol. The van der Waals surface area contributed by atoms with E-state index >= 15 is 0 Å². The molecule has 1 N–H and O–H groups in total. The molecule has 0 spiro atoms. The average Bonchev–Trinajstić information content (AvgIpc) is 2.14. The standard InChI is InChI=1S/C13H28O/c1-5-6-9-12(2)13(3,4)10-7-8-11-14/h12,14H,5-11H2,1-4H3. The van der Waals surface area contributed by atoms with Gasteiger partial charge in [-0.2, -0.15) is 0 Å². The van der Waals surface area contributed by atoms with Crippen LogP contribution in [0.4, 0.5) is 0 Å². The first-order valence-electron chi connectivity index (χ1n) is 6.15. The van der Waals surface area contributed by atoms with Crippen LogP contribution in [-0.4, -0.2) is 11.7 Å². The number of aliphatic hydroxyl groups excluding tert-OH is 1. The molecule has 0 saturated heterocycles. The number of aliphatic hydroxyl groups is 1. The van der Waals surface area contributed by atoms with Crippen molar-refractivity contribution in [1.29, 1.82) is 0 Å². The van der Waals surface area contributed by atoms with Gasteiger partial charge in [0.2, 0.25) is 0 Å². The Labute approximate surface area is 89.9 Å². The third kappa shape index (κ3) is 5.64. The monoisotopic (exact) mass is 200 g/mol. The van der Waals surface area contributed by atoms with Gasteiger partial charge in [0.25, 0.3) is 0 Å². The minimum atomic E-state index is 0.347. The van der Waals surface area contributed by atoms with E-state index in [1.54, 1.807) is 0 Å². The zero-order valence-electron chi connectivity index (χ0n) is 10.5. The molecule has 1 atom stereocenters. The Morgan fingerprint density at radius 3 is 2.29 bits per heavy atom. The number of rotatable bonds is 8. The Morgan fingerprint density at radius 2 is 1.79 bits per heavy atom. The molecule has 0 saturated carbocycles. The first-order chi connectivity index (χ1) is 6.54. The summed E-state index contributed by atoms with van der Waals surface area (Å²) in [6.45, 7) is 9.70. The first-order valence-corrected chi connectivity index (χ1v) is 6.15. The molecule has 0 aliphatic rings. The Bertz CT molecular complexity index is 129. The lowest BCUT2D eigenvalue weighted by Gasteiger charge is -2.32. The molecule has 0 heterocycles. The van der Waals surface area contributed by atoms with Crippen molar-refractivity contribution in [3.05, 3.63) is 0 Å². The summed E-state index contributed by atoms with van der Waals surface area (Å²) in [4.78, 5) is 0. The molecule has 1 unspecified atom stereocenters. The van der Waals surface area contributed by atoms with Crippen LogP contribution in [0.25, 0.3) is 0 Å². The Balaban J connectivity index is 3.77. The summed E-state index contributed by atoms with van der Waals surface area (Å²) in [5.74, 6) is 0.807. The molecule has 86 valence electrons. The van der Waals surface area contributed by atoms with Crippen molar-refractivity contribution < 1.29 is 5.11 Å². The molecule has 0 aliphatic carbocycles. The summed E-state index contributed by atoms with van der Waals surface area (Å²) < 4.78 is 0. The fourth-order valence-electron chi connectivity index (χ4n) is 1.84. The van der Waals surface area contributed by atoms with Crippen LogP contribution >= 0.6 is 0 Å². The van der Waals surface area contributed by atoms with Crippen molar-refractivity contribution in [2.75, 3.05) is 6.61 Å². The van der Waals surface area contributed by atoms with E-state index < -0.39 is 0 Å². The quantitative estimate of drug-likeness (QED) is 0.587.